The van der Waals surface area contributed by atoms with E-state index in [0.717, 1.165) is 19.3 Å². The van der Waals surface area contributed by atoms with E-state index in [2.05, 4.69) is 0 Å². The Kier molecular flexibility index (Phi) is 4.40. The lowest BCUT2D eigenvalue weighted by Gasteiger charge is -2.31. The molecule has 1 aromatic heterocycles. The molecule has 0 aromatic carbocycles. The first kappa shape index (κ1) is 16.4. The lowest BCUT2D eigenvalue weighted by atomic mass is 10.0. The lowest BCUT2D eigenvalue weighted by Crippen LogP contribution is -2.43. The van der Waals surface area contributed by atoms with Crippen LogP contribution in [0, 0.1) is 0 Å². The molecule has 0 atom stereocenters. The van der Waals surface area contributed by atoms with Crippen molar-refractivity contribution < 1.29 is 13.2 Å². The van der Waals surface area contributed by atoms with Gasteiger partial charge in [-0.3, -0.25) is 4.79 Å². The summed E-state index contributed by atoms with van der Waals surface area (Å²) in [5, 5.41) is 0. The fourth-order valence-electron chi connectivity index (χ4n) is 2.84. The van der Waals surface area contributed by atoms with Crippen LogP contribution in [0.5, 0.6) is 0 Å². The van der Waals surface area contributed by atoms with Gasteiger partial charge in [-0.1, -0.05) is 6.92 Å². The number of carbonyl (C=O) groups is 1. The van der Waals surface area contributed by atoms with Crippen molar-refractivity contribution in [2.45, 2.75) is 57.0 Å². The molecule has 5 nitrogen and oxygen atoms in total. The molecule has 2 rings (SSSR count). The minimum atomic E-state index is -3.83. The Morgan fingerprint density at radius 3 is 2.57 bits per heavy atom. The number of carbonyl (C=O) groups excluding carboxylic acids is 1. The summed E-state index contributed by atoms with van der Waals surface area (Å²) in [5.74, 6) is -0.127. The molecule has 1 amide bonds. The van der Waals surface area contributed by atoms with Crippen molar-refractivity contribution in [3.8, 4) is 0 Å². The average Bonchev–Trinajstić information content (AvgIpc) is 2.91. The van der Waals surface area contributed by atoms with Gasteiger partial charge in [-0.2, -0.15) is 0 Å². The molecule has 0 radical (unpaired) electrons. The van der Waals surface area contributed by atoms with E-state index in [1.165, 1.54) is 12.3 Å². The van der Waals surface area contributed by atoms with Crippen LogP contribution in [-0.4, -0.2) is 35.9 Å². The van der Waals surface area contributed by atoms with E-state index in [0.29, 0.717) is 18.8 Å². The summed E-state index contributed by atoms with van der Waals surface area (Å²) >= 11 is 0. The molecule has 1 aliphatic heterocycles. The number of amides is 1. The lowest BCUT2D eigenvalue weighted by molar-refractivity contribution is 0.0640. The van der Waals surface area contributed by atoms with Gasteiger partial charge in [0, 0.05) is 35.5 Å². The van der Waals surface area contributed by atoms with Crippen molar-refractivity contribution in [1.29, 1.82) is 0 Å². The standard InChI is InChI=1S/C14H21ClN2O3S/c1-4-7-16-10-11(21(15,19)20)9-12(16)13(18)17-8-5-6-14(17,2)3/h9-10H,4-8H2,1-3H3. The molecule has 0 N–H and O–H groups in total. The van der Waals surface area contributed by atoms with Gasteiger partial charge in [0.05, 0.1) is 0 Å². The maximum atomic E-state index is 12.8. The second kappa shape index (κ2) is 5.65. The number of hydrogen-bond acceptors (Lipinski definition) is 3. The SMILES string of the molecule is CCCn1cc(S(=O)(=O)Cl)cc1C(=O)N1CCCC1(C)C. The van der Waals surface area contributed by atoms with Crippen molar-refractivity contribution >= 4 is 25.6 Å². The van der Waals surface area contributed by atoms with E-state index in [1.54, 1.807) is 4.57 Å². The van der Waals surface area contributed by atoms with Crippen LogP contribution >= 0.6 is 10.7 Å². The van der Waals surface area contributed by atoms with Crippen LogP contribution < -0.4 is 0 Å². The van der Waals surface area contributed by atoms with E-state index < -0.39 is 9.05 Å². The second-order valence-electron chi connectivity index (χ2n) is 6.07. The van der Waals surface area contributed by atoms with Crippen LogP contribution in [0.3, 0.4) is 0 Å². The van der Waals surface area contributed by atoms with Crippen molar-refractivity contribution in [3.63, 3.8) is 0 Å². The molecule has 7 heteroatoms. The van der Waals surface area contributed by atoms with Crippen LogP contribution in [0.25, 0.3) is 0 Å². The molecule has 0 spiro atoms. The summed E-state index contributed by atoms with van der Waals surface area (Å²) in [7, 11) is 1.57. The van der Waals surface area contributed by atoms with Gasteiger partial charge in [0.2, 0.25) is 0 Å². The minimum absolute atomic E-state index is 0.0158. The molecule has 1 fully saturated rings. The number of aromatic nitrogens is 1. The fraction of sp³-hybridized carbons (Fsp3) is 0.643. The highest BCUT2D eigenvalue weighted by Crippen LogP contribution is 2.30. The Morgan fingerprint density at radius 2 is 2.10 bits per heavy atom. The second-order valence-corrected chi connectivity index (χ2v) is 8.63. The van der Waals surface area contributed by atoms with Gasteiger partial charge in [0.15, 0.2) is 0 Å². The number of halogens is 1. The van der Waals surface area contributed by atoms with Gasteiger partial charge in [-0.05, 0) is 39.2 Å². The Labute approximate surface area is 130 Å². The Bertz CT molecular complexity index is 649. The van der Waals surface area contributed by atoms with E-state index in [1.807, 2.05) is 25.7 Å². The average molecular weight is 333 g/mol. The molecule has 1 aromatic rings. The Morgan fingerprint density at radius 1 is 1.43 bits per heavy atom. The molecule has 1 saturated heterocycles. The zero-order valence-corrected chi connectivity index (χ0v) is 14.2. The zero-order chi connectivity index (χ0) is 15.8. The molecule has 2 heterocycles. The van der Waals surface area contributed by atoms with Crippen LogP contribution in [0.1, 0.15) is 50.5 Å². The number of hydrogen-bond donors (Lipinski definition) is 0. The molecule has 0 unspecified atom stereocenters. The molecule has 118 valence electrons. The maximum absolute atomic E-state index is 12.8. The van der Waals surface area contributed by atoms with E-state index in [9.17, 15) is 13.2 Å². The molecule has 0 saturated carbocycles. The van der Waals surface area contributed by atoms with Gasteiger partial charge < -0.3 is 9.47 Å². The van der Waals surface area contributed by atoms with E-state index in [-0.39, 0.29) is 16.3 Å². The first-order valence-electron chi connectivity index (χ1n) is 7.13. The quantitative estimate of drug-likeness (QED) is 0.796. The Hall–Kier alpha value is -1.01. The summed E-state index contributed by atoms with van der Waals surface area (Å²) in [4.78, 5) is 14.6. The molecule has 0 bridgehead atoms. The fourth-order valence-corrected chi connectivity index (χ4v) is 3.60. The normalized spacial score (nSPS) is 18.2. The largest absolute Gasteiger partial charge is 0.342 e. The van der Waals surface area contributed by atoms with Crippen molar-refractivity contribution in [2.24, 2.45) is 0 Å². The minimum Gasteiger partial charge on any atom is -0.342 e. The smallest absolute Gasteiger partial charge is 0.270 e. The first-order chi connectivity index (χ1) is 9.66. The van der Waals surface area contributed by atoms with E-state index in [4.69, 9.17) is 10.7 Å². The van der Waals surface area contributed by atoms with Crippen molar-refractivity contribution in [2.75, 3.05) is 6.54 Å². The van der Waals surface area contributed by atoms with Crippen LogP contribution in [0.2, 0.25) is 0 Å². The molecule has 1 aliphatic rings. The molecular formula is C14H21ClN2O3S. The van der Waals surface area contributed by atoms with Gasteiger partial charge >= 0.3 is 0 Å². The number of nitrogens with zero attached hydrogens (tertiary/aromatic N) is 2. The molecule has 21 heavy (non-hydrogen) atoms. The third-order valence-corrected chi connectivity index (χ3v) is 5.30. The van der Waals surface area contributed by atoms with Crippen molar-refractivity contribution in [3.05, 3.63) is 18.0 Å². The van der Waals surface area contributed by atoms with Crippen LogP contribution in [-0.2, 0) is 15.6 Å². The summed E-state index contributed by atoms with van der Waals surface area (Å²) in [6, 6.07) is 1.38. The number of rotatable bonds is 4. The summed E-state index contributed by atoms with van der Waals surface area (Å²) in [5.41, 5.74) is 0.198. The predicted molar refractivity (Wildman–Crippen MR) is 82.1 cm³/mol. The highest BCUT2D eigenvalue weighted by molar-refractivity contribution is 8.13. The van der Waals surface area contributed by atoms with Gasteiger partial charge in [0.1, 0.15) is 10.6 Å². The highest BCUT2D eigenvalue weighted by atomic mass is 35.7. The summed E-state index contributed by atoms with van der Waals surface area (Å²) in [6.07, 6.45) is 4.17. The van der Waals surface area contributed by atoms with Crippen LogP contribution in [0.15, 0.2) is 17.2 Å². The van der Waals surface area contributed by atoms with E-state index >= 15 is 0 Å². The predicted octanol–water partition coefficient (Wildman–Crippen LogP) is 2.84. The number of likely N-dealkylation sites (tertiary alicyclic amines) is 1. The third kappa shape index (κ3) is 3.26. The highest BCUT2D eigenvalue weighted by Gasteiger charge is 2.37. The monoisotopic (exact) mass is 332 g/mol. The Balaban J connectivity index is 2.42. The maximum Gasteiger partial charge on any atom is 0.270 e. The van der Waals surface area contributed by atoms with Gasteiger partial charge in [-0.25, -0.2) is 8.42 Å². The zero-order valence-electron chi connectivity index (χ0n) is 12.6. The van der Waals surface area contributed by atoms with Crippen LogP contribution in [0.4, 0.5) is 0 Å². The summed E-state index contributed by atoms with van der Waals surface area (Å²) in [6.45, 7) is 7.32. The topological polar surface area (TPSA) is 59.4 Å². The van der Waals surface area contributed by atoms with Crippen molar-refractivity contribution in [1.82, 2.24) is 9.47 Å². The molecule has 0 aliphatic carbocycles. The number of aryl methyl sites for hydroxylation is 1. The third-order valence-electron chi connectivity index (χ3n) is 3.98. The molecular weight excluding hydrogens is 312 g/mol. The van der Waals surface area contributed by atoms with Gasteiger partial charge in [-0.15, -0.1) is 0 Å². The first-order valence-corrected chi connectivity index (χ1v) is 9.44. The summed E-state index contributed by atoms with van der Waals surface area (Å²) < 4.78 is 24.7. The van der Waals surface area contributed by atoms with Gasteiger partial charge in [0.25, 0.3) is 15.0 Å².